The molecule has 0 N–H and O–H groups in total. The lowest BCUT2D eigenvalue weighted by atomic mass is 9.81. The first-order chi connectivity index (χ1) is 46.7. The number of benzene rings is 16. The molecular weight excluding hydrogens is 1140 g/mol. The van der Waals surface area contributed by atoms with Crippen molar-refractivity contribution in [1.82, 2.24) is 9.13 Å². The Morgan fingerprint density at radius 1 is 0.202 bits per heavy atom. The van der Waals surface area contributed by atoms with E-state index in [0.29, 0.717) is 0 Å². The standard InChI is InChI=1S/2C44H26N2.C2H6/c1-2-12-29(13-3-1)45-38-17-6-5-15-32(38)37-26-28(20-25-40(37)45)30-21-22-35-31-14-4-7-18-39(31)46-41-19-9-11-27-10-8-16-33(42(27)41)36-24-23-34(30)43(35)44(36)46;1-2-12-31(13-3-1)45-38-17-5-4-14-32(38)36-25-29(20-23-39(36)45)30-21-24-40-37(26-30)34-16-7-10-28-19-22-35-33-15-6-9-27-11-8-18-41(42(27)33)46(40)44(35)43(28)34;1-2/h2*1-26H;1-2H3. The van der Waals surface area contributed by atoms with Crippen LogP contribution in [0, 0.1) is 0 Å². The lowest BCUT2D eigenvalue weighted by Crippen LogP contribution is -2.19. The summed E-state index contributed by atoms with van der Waals surface area (Å²) in [4.78, 5) is 5.05. The van der Waals surface area contributed by atoms with E-state index in [9.17, 15) is 0 Å². The Morgan fingerprint density at radius 2 is 0.606 bits per heavy atom. The summed E-state index contributed by atoms with van der Waals surface area (Å²) < 4.78 is 4.77. The molecule has 0 saturated carbocycles. The molecule has 4 nitrogen and oxygen atoms in total. The summed E-state index contributed by atoms with van der Waals surface area (Å²) >= 11 is 0. The normalized spacial score (nSPS) is 12.5. The van der Waals surface area contributed by atoms with E-state index in [0.717, 1.165) is 0 Å². The minimum Gasteiger partial charge on any atom is -0.309 e. The van der Waals surface area contributed by atoms with Crippen molar-refractivity contribution >= 4 is 121 Å². The van der Waals surface area contributed by atoms with Gasteiger partial charge in [0.05, 0.1) is 56.2 Å². The minimum atomic E-state index is 1.18. The van der Waals surface area contributed by atoms with Crippen molar-refractivity contribution < 1.29 is 0 Å². The quantitative estimate of drug-likeness (QED) is 0.175. The molecule has 0 fully saturated rings. The number of fused-ring (bicyclic) bond motifs is 16. The van der Waals surface area contributed by atoms with E-state index in [-0.39, 0.29) is 0 Å². The number of aromatic nitrogens is 2. The van der Waals surface area contributed by atoms with Gasteiger partial charge in [-0.25, -0.2) is 0 Å². The average Bonchev–Trinajstić information content (AvgIpc) is 1.07. The van der Waals surface area contributed by atoms with E-state index in [1.807, 2.05) is 13.8 Å². The van der Waals surface area contributed by atoms with Crippen LogP contribution in [-0.2, 0) is 0 Å². The van der Waals surface area contributed by atoms with Crippen LogP contribution < -0.4 is 9.80 Å². The predicted molar refractivity (Wildman–Crippen MR) is 399 cm³/mol. The molecule has 0 aliphatic carbocycles. The van der Waals surface area contributed by atoms with E-state index in [1.165, 1.54) is 199 Å². The number of anilines is 6. The fraction of sp³-hybridized carbons (Fsp3) is 0.0222. The van der Waals surface area contributed by atoms with Gasteiger partial charge >= 0.3 is 0 Å². The Morgan fingerprint density at radius 3 is 1.22 bits per heavy atom. The maximum absolute atomic E-state index is 2.52. The van der Waals surface area contributed by atoms with Crippen LogP contribution >= 0.6 is 0 Å². The fourth-order valence-electron chi connectivity index (χ4n) is 16.6. The van der Waals surface area contributed by atoms with E-state index in [2.05, 4.69) is 334 Å². The highest BCUT2D eigenvalue weighted by Crippen LogP contribution is 2.62. The van der Waals surface area contributed by atoms with Crippen LogP contribution in [0.1, 0.15) is 13.8 Å². The van der Waals surface area contributed by atoms with E-state index >= 15 is 0 Å². The second kappa shape index (κ2) is 20.1. The van der Waals surface area contributed by atoms with E-state index in [1.54, 1.807) is 0 Å². The molecule has 4 aliphatic rings. The lowest BCUT2D eigenvalue weighted by molar-refractivity contribution is 1.18. The molecule has 0 amide bonds. The lowest BCUT2D eigenvalue weighted by Gasteiger charge is -2.39. The molecule has 16 aromatic carbocycles. The topological polar surface area (TPSA) is 16.3 Å². The van der Waals surface area contributed by atoms with Crippen LogP contribution in [0.2, 0.25) is 0 Å². The van der Waals surface area contributed by atoms with Gasteiger partial charge in [0.15, 0.2) is 0 Å². The maximum Gasteiger partial charge on any atom is 0.0625 e. The highest BCUT2D eigenvalue weighted by atomic mass is 15.2. The molecule has 94 heavy (non-hydrogen) atoms. The predicted octanol–water partition coefficient (Wildman–Crippen LogP) is 25.4. The number of nitrogens with zero attached hydrogens (tertiary/aromatic N) is 4. The monoisotopic (exact) mass is 1190 g/mol. The van der Waals surface area contributed by atoms with E-state index in [4.69, 9.17) is 0 Å². The highest BCUT2D eigenvalue weighted by Gasteiger charge is 2.36. The van der Waals surface area contributed by atoms with Gasteiger partial charge in [0, 0.05) is 76.7 Å². The Labute approximate surface area is 543 Å². The third-order valence-electron chi connectivity index (χ3n) is 20.4. The highest BCUT2D eigenvalue weighted by molar-refractivity contribution is 6.28. The zero-order valence-electron chi connectivity index (χ0n) is 51.8. The van der Waals surface area contributed by atoms with Gasteiger partial charge in [0.25, 0.3) is 0 Å². The van der Waals surface area contributed by atoms with Crippen LogP contribution in [0.3, 0.4) is 0 Å². The first-order valence-electron chi connectivity index (χ1n) is 32.9. The van der Waals surface area contributed by atoms with Gasteiger partial charge < -0.3 is 18.9 Å². The average molecular weight is 1200 g/mol. The zero-order chi connectivity index (χ0) is 61.9. The second-order valence-corrected chi connectivity index (χ2v) is 25.0. The van der Waals surface area contributed by atoms with Crippen LogP contribution in [0.15, 0.2) is 315 Å². The van der Waals surface area contributed by atoms with Gasteiger partial charge in [-0.3, -0.25) is 0 Å². The van der Waals surface area contributed by atoms with Crippen LogP contribution in [0.4, 0.5) is 34.1 Å². The first kappa shape index (κ1) is 52.5. The van der Waals surface area contributed by atoms with Gasteiger partial charge in [-0.15, -0.1) is 0 Å². The third kappa shape index (κ3) is 7.28. The molecule has 0 bridgehead atoms. The molecule has 0 radical (unpaired) electrons. The molecule has 22 rings (SSSR count). The molecule has 4 aliphatic heterocycles. The Bertz CT molecular complexity index is 6250. The van der Waals surface area contributed by atoms with Gasteiger partial charge in [0.1, 0.15) is 0 Å². The minimum absolute atomic E-state index is 1.18. The van der Waals surface area contributed by atoms with Crippen LogP contribution in [0.5, 0.6) is 0 Å². The summed E-state index contributed by atoms with van der Waals surface area (Å²) in [7, 11) is 0. The van der Waals surface area contributed by atoms with Crippen molar-refractivity contribution in [2.75, 3.05) is 9.80 Å². The number of hydrogen-bond acceptors (Lipinski definition) is 2. The Kier molecular flexibility index (Phi) is 11.2. The van der Waals surface area contributed by atoms with Crippen LogP contribution in [-0.4, -0.2) is 9.13 Å². The summed E-state index contributed by atoms with van der Waals surface area (Å²) in [5.41, 5.74) is 30.2. The second-order valence-electron chi connectivity index (χ2n) is 25.0. The van der Waals surface area contributed by atoms with Crippen molar-refractivity contribution in [2.24, 2.45) is 0 Å². The number of para-hydroxylation sites is 5. The molecule has 0 saturated heterocycles. The van der Waals surface area contributed by atoms with Gasteiger partial charge in [0.2, 0.25) is 0 Å². The molecule has 6 heterocycles. The smallest absolute Gasteiger partial charge is 0.0625 e. The van der Waals surface area contributed by atoms with Crippen molar-refractivity contribution in [3.05, 3.63) is 315 Å². The summed E-state index contributed by atoms with van der Waals surface area (Å²) in [6.07, 6.45) is 0. The first-order valence-corrected chi connectivity index (χ1v) is 32.9. The largest absolute Gasteiger partial charge is 0.309 e. The molecule has 4 heteroatoms. The van der Waals surface area contributed by atoms with Crippen molar-refractivity contribution in [3.8, 4) is 78.1 Å². The summed E-state index contributed by atoms with van der Waals surface area (Å²) in [6.45, 7) is 4.00. The van der Waals surface area contributed by atoms with E-state index < -0.39 is 0 Å². The SMILES string of the molecule is CC.c1ccc(-n2c3ccccc3c3cc(-c4ccc5c(c4)-c4cccc6ccc7c(c46)N5c4cccc5cccc-7c45)ccc32)cc1.c1ccc(-n2c3ccccc3c3cc(-c4ccc5c6c7c(ccc46)-c4cccc6cccc(c46)N7c4ccccc4-5)ccc32)cc1. The molecule has 0 spiro atoms. The maximum atomic E-state index is 2.52. The molecule has 438 valence electrons. The number of hydrogen-bond donors (Lipinski definition) is 0. The van der Waals surface area contributed by atoms with Gasteiger partial charge in [-0.2, -0.15) is 0 Å². The van der Waals surface area contributed by atoms with Crippen molar-refractivity contribution in [1.29, 1.82) is 0 Å². The van der Waals surface area contributed by atoms with Crippen LogP contribution in [0.25, 0.3) is 165 Å². The molecule has 18 aromatic rings. The van der Waals surface area contributed by atoms with Crippen molar-refractivity contribution in [2.45, 2.75) is 13.8 Å². The summed E-state index contributed by atoms with van der Waals surface area (Å²) in [5, 5.41) is 15.5. The summed E-state index contributed by atoms with van der Waals surface area (Å²) in [6, 6.07) is 116. The third-order valence-corrected chi connectivity index (χ3v) is 20.4. The van der Waals surface area contributed by atoms with Gasteiger partial charge in [-0.05, 0) is 157 Å². The molecule has 0 atom stereocenters. The zero-order valence-corrected chi connectivity index (χ0v) is 51.8. The Balaban J connectivity index is 0.000000126. The Hall–Kier alpha value is -12.2. The van der Waals surface area contributed by atoms with Gasteiger partial charge in [-0.1, -0.05) is 238 Å². The molecule has 2 aromatic heterocycles. The molecular formula is C90H58N4. The number of rotatable bonds is 4. The fourth-order valence-corrected chi connectivity index (χ4v) is 16.6. The summed E-state index contributed by atoms with van der Waals surface area (Å²) in [5.74, 6) is 0. The van der Waals surface area contributed by atoms with Crippen molar-refractivity contribution in [3.63, 3.8) is 0 Å². The molecule has 0 unspecified atom stereocenters.